The first-order valence-corrected chi connectivity index (χ1v) is 6.44. The first-order valence-electron chi connectivity index (χ1n) is 6.44. The third-order valence-corrected chi connectivity index (χ3v) is 3.40. The standard InChI is InChI=1S/C13H26N2O/c1-11(2)5-8-15-9-6-12(7-10-15)13(16)14(3)4/h11-12H,5-10H2,1-4H3. The van der Waals surface area contributed by atoms with Crippen LogP contribution >= 0.6 is 0 Å². The Morgan fingerprint density at radius 2 is 1.88 bits per heavy atom. The van der Waals surface area contributed by atoms with Crippen LogP contribution in [0.5, 0.6) is 0 Å². The Hall–Kier alpha value is -0.570. The number of carbonyl (C=O) groups is 1. The summed E-state index contributed by atoms with van der Waals surface area (Å²) in [5, 5.41) is 0. The summed E-state index contributed by atoms with van der Waals surface area (Å²) in [7, 11) is 3.71. The first-order chi connectivity index (χ1) is 7.50. The number of rotatable bonds is 4. The van der Waals surface area contributed by atoms with E-state index < -0.39 is 0 Å². The van der Waals surface area contributed by atoms with E-state index in [1.54, 1.807) is 4.90 Å². The van der Waals surface area contributed by atoms with Gasteiger partial charge < -0.3 is 9.80 Å². The summed E-state index contributed by atoms with van der Waals surface area (Å²) in [6.07, 6.45) is 3.34. The highest BCUT2D eigenvalue weighted by atomic mass is 16.2. The average molecular weight is 226 g/mol. The molecule has 0 aromatic rings. The fourth-order valence-corrected chi connectivity index (χ4v) is 2.21. The van der Waals surface area contributed by atoms with Crippen LogP contribution in [-0.4, -0.2) is 49.4 Å². The maximum absolute atomic E-state index is 11.8. The topological polar surface area (TPSA) is 23.6 Å². The van der Waals surface area contributed by atoms with Crippen LogP contribution in [0.15, 0.2) is 0 Å². The summed E-state index contributed by atoms with van der Waals surface area (Å²) >= 11 is 0. The monoisotopic (exact) mass is 226 g/mol. The molecule has 1 saturated heterocycles. The van der Waals surface area contributed by atoms with E-state index >= 15 is 0 Å². The second-order valence-corrected chi connectivity index (χ2v) is 5.53. The molecule has 0 bridgehead atoms. The Balaban J connectivity index is 2.26. The van der Waals surface area contributed by atoms with Crippen molar-refractivity contribution in [2.24, 2.45) is 11.8 Å². The predicted molar refractivity (Wildman–Crippen MR) is 67.3 cm³/mol. The minimum Gasteiger partial charge on any atom is -0.349 e. The van der Waals surface area contributed by atoms with E-state index in [0.717, 1.165) is 31.8 Å². The number of piperidine rings is 1. The number of hydrogen-bond acceptors (Lipinski definition) is 2. The first kappa shape index (κ1) is 13.5. The fourth-order valence-electron chi connectivity index (χ4n) is 2.21. The van der Waals surface area contributed by atoms with Gasteiger partial charge in [-0.25, -0.2) is 0 Å². The largest absolute Gasteiger partial charge is 0.349 e. The van der Waals surface area contributed by atoms with E-state index in [4.69, 9.17) is 0 Å². The molecule has 0 aromatic carbocycles. The van der Waals surface area contributed by atoms with Gasteiger partial charge in [0.05, 0.1) is 0 Å². The Labute approximate surface area is 99.8 Å². The molecule has 0 saturated carbocycles. The van der Waals surface area contributed by atoms with Crippen molar-refractivity contribution in [1.82, 2.24) is 9.80 Å². The van der Waals surface area contributed by atoms with E-state index in [2.05, 4.69) is 18.7 Å². The molecule has 1 amide bonds. The van der Waals surface area contributed by atoms with Gasteiger partial charge in [-0.05, 0) is 44.8 Å². The molecule has 0 radical (unpaired) electrons. The SMILES string of the molecule is CC(C)CCN1CCC(C(=O)N(C)C)CC1. The highest BCUT2D eigenvalue weighted by molar-refractivity contribution is 5.78. The molecular formula is C13H26N2O. The zero-order chi connectivity index (χ0) is 12.1. The molecule has 0 N–H and O–H groups in total. The molecular weight excluding hydrogens is 200 g/mol. The number of amides is 1. The lowest BCUT2D eigenvalue weighted by Crippen LogP contribution is -2.40. The Morgan fingerprint density at radius 3 is 2.31 bits per heavy atom. The molecule has 94 valence electrons. The van der Waals surface area contributed by atoms with Crippen molar-refractivity contribution < 1.29 is 4.79 Å². The summed E-state index contributed by atoms with van der Waals surface area (Å²) in [4.78, 5) is 16.0. The highest BCUT2D eigenvalue weighted by Crippen LogP contribution is 2.19. The molecule has 0 atom stereocenters. The molecule has 0 aliphatic carbocycles. The van der Waals surface area contributed by atoms with Crippen LogP contribution in [0.3, 0.4) is 0 Å². The molecule has 1 heterocycles. The minimum atomic E-state index is 0.269. The van der Waals surface area contributed by atoms with E-state index in [0.29, 0.717) is 5.91 Å². The van der Waals surface area contributed by atoms with Gasteiger partial charge in [0, 0.05) is 20.0 Å². The van der Waals surface area contributed by atoms with E-state index in [1.165, 1.54) is 13.0 Å². The van der Waals surface area contributed by atoms with Gasteiger partial charge in [-0.3, -0.25) is 4.79 Å². The van der Waals surface area contributed by atoms with Crippen molar-refractivity contribution in [3.8, 4) is 0 Å². The van der Waals surface area contributed by atoms with Crippen molar-refractivity contribution in [1.29, 1.82) is 0 Å². The molecule has 3 heteroatoms. The zero-order valence-electron chi connectivity index (χ0n) is 11.2. The van der Waals surface area contributed by atoms with Gasteiger partial charge >= 0.3 is 0 Å². The molecule has 0 aromatic heterocycles. The molecule has 3 nitrogen and oxygen atoms in total. The summed E-state index contributed by atoms with van der Waals surface area (Å²) in [5.41, 5.74) is 0. The van der Waals surface area contributed by atoms with Crippen molar-refractivity contribution in [2.75, 3.05) is 33.7 Å². The predicted octanol–water partition coefficient (Wildman–Crippen LogP) is 1.83. The number of nitrogens with zero attached hydrogens (tertiary/aromatic N) is 2. The van der Waals surface area contributed by atoms with Crippen LogP contribution in [0.1, 0.15) is 33.1 Å². The Morgan fingerprint density at radius 1 is 1.31 bits per heavy atom. The fraction of sp³-hybridized carbons (Fsp3) is 0.923. The van der Waals surface area contributed by atoms with E-state index in [-0.39, 0.29) is 5.92 Å². The lowest BCUT2D eigenvalue weighted by Gasteiger charge is -2.32. The van der Waals surface area contributed by atoms with Gasteiger partial charge in [-0.15, -0.1) is 0 Å². The molecule has 1 fully saturated rings. The quantitative estimate of drug-likeness (QED) is 0.730. The molecule has 1 rings (SSSR count). The molecule has 0 unspecified atom stereocenters. The smallest absolute Gasteiger partial charge is 0.225 e. The van der Waals surface area contributed by atoms with Gasteiger partial charge in [0.2, 0.25) is 5.91 Å². The summed E-state index contributed by atoms with van der Waals surface area (Å²) in [6.45, 7) is 7.92. The number of carbonyl (C=O) groups excluding carboxylic acids is 1. The molecule has 16 heavy (non-hydrogen) atoms. The van der Waals surface area contributed by atoms with Crippen LogP contribution in [-0.2, 0) is 4.79 Å². The van der Waals surface area contributed by atoms with Gasteiger partial charge in [0.15, 0.2) is 0 Å². The maximum Gasteiger partial charge on any atom is 0.225 e. The summed E-state index contributed by atoms with van der Waals surface area (Å²) in [6, 6.07) is 0. The second-order valence-electron chi connectivity index (χ2n) is 5.53. The Bertz CT molecular complexity index is 218. The minimum absolute atomic E-state index is 0.269. The van der Waals surface area contributed by atoms with Gasteiger partial charge in [-0.2, -0.15) is 0 Å². The van der Waals surface area contributed by atoms with Crippen molar-refractivity contribution in [2.45, 2.75) is 33.1 Å². The summed E-state index contributed by atoms with van der Waals surface area (Å²) < 4.78 is 0. The van der Waals surface area contributed by atoms with Gasteiger partial charge in [-0.1, -0.05) is 13.8 Å². The third kappa shape index (κ3) is 4.12. The molecule has 1 aliphatic rings. The van der Waals surface area contributed by atoms with Crippen molar-refractivity contribution in [3.05, 3.63) is 0 Å². The Kier molecular flexibility index (Phi) is 5.26. The van der Waals surface area contributed by atoms with Crippen LogP contribution in [0.2, 0.25) is 0 Å². The van der Waals surface area contributed by atoms with Crippen LogP contribution in [0, 0.1) is 11.8 Å². The van der Waals surface area contributed by atoms with Crippen molar-refractivity contribution >= 4 is 5.91 Å². The van der Waals surface area contributed by atoms with Crippen LogP contribution in [0.4, 0.5) is 0 Å². The molecule has 1 aliphatic heterocycles. The normalized spacial score (nSPS) is 19.1. The lowest BCUT2D eigenvalue weighted by atomic mass is 9.95. The third-order valence-electron chi connectivity index (χ3n) is 3.40. The zero-order valence-corrected chi connectivity index (χ0v) is 11.2. The van der Waals surface area contributed by atoms with Crippen LogP contribution < -0.4 is 0 Å². The maximum atomic E-state index is 11.8. The number of hydrogen-bond donors (Lipinski definition) is 0. The van der Waals surface area contributed by atoms with E-state index in [9.17, 15) is 4.79 Å². The van der Waals surface area contributed by atoms with Crippen molar-refractivity contribution in [3.63, 3.8) is 0 Å². The summed E-state index contributed by atoms with van der Waals surface area (Å²) in [5.74, 6) is 1.36. The second kappa shape index (κ2) is 6.24. The lowest BCUT2D eigenvalue weighted by molar-refractivity contribution is -0.134. The molecule has 0 spiro atoms. The van der Waals surface area contributed by atoms with Gasteiger partial charge in [0.25, 0.3) is 0 Å². The van der Waals surface area contributed by atoms with Gasteiger partial charge in [0.1, 0.15) is 0 Å². The van der Waals surface area contributed by atoms with Crippen LogP contribution in [0.25, 0.3) is 0 Å². The van der Waals surface area contributed by atoms with E-state index in [1.807, 2.05) is 14.1 Å². The average Bonchev–Trinajstić information content (AvgIpc) is 2.26. The highest BCUT2D eigenvalue weighted by Gasteiger charge is 2.25. The number of likely N-dealkylation sites (tertiary alicyclic amines) is 1.